The van der Waals surface area contributed by atoms with E-state index in [-0.39, 0.29) is 13.0 Å². The minimum atomic E-state index is -0.976. The van der Waals surface area contributed by atoms with Gasteiger partial charge in [-0.2, -0.15) is 0 Å². The van der Waals surface area contributed by atoms with Gasteiger partial charge < -0.3 is 15.8 Å². The number of hydrogen-bond donors (Lipinski definition) is 2. The van der Waals surface area contributed by atoms with Crippen molar-refractivity contribution in [2.24, 2.45) is 5.73 Å². The monoisotopic (exact) mass is 447 g/mol. The average molecular weight is 447 g/mol. The smallest absolute Gasteiger partial charge is 0.410 e. The molecule has 1 saturated heterocycles. The van der Waals surface area contributed by atoms with Gasteiger partial charge in [0.25, 0.3) is 0 Å². The highest BCUT2D eigenvalue weighted by Gasteiger charge is 2.36. The Kier molecular flexibility index (Phi) is 6.77. The lowest BCUT2D eigenvalue weighted by atomic mass is 10.1. The van der Waals surface area contributed by atoms with Gasteiger partial charge in [-0.3, -0.25) is 19.5 Å². The van der Waals surface area contributed by atoms with Crippen LogP contribution in [0.3, 0.4) is 0 Å². The molecule has 0 aliphatic carbocycles. The molecule has 1 aliphatic heterocycles. The Balaban J connectivity index is 1.39. The third-order valence-electron chi connectivity index (χ3n) is 5.57. The Morgan fingerprint density at radius 3 is 2.58 bits per heavy atom. The molecule has 0 radical (unpaired) electrons. The maximum Gasteiger partial charge on any atom is 0.410 e. The number of fused-ring (bicyclic) bond motifs is 1. The fourth-order valence-electron chi connectivity index (χ4n) is 3.85. The van der Waals surface area contributed by atoms with E-state index in [1.165, 1.54) is 4.90 Å². The summed E-state index contributed by atoms with van der Waals surface area (Å²) in [6.07, 6.45) is 2.24. The number of amides is 3. The van der Waals surface area contributed by atoms with Gasteiger partial charge in [-0.1, -0.05) is 42.5 Å². The molecule has 33 heavy (non-hydrogen) atoms. The quantitative estimate of drug-likeness (QED) is 0.570. The summed E-state index contributed by atoms with van der Waals surface area (Å²) in [5.41, 5.74) is 8.35. The van der Waals surface area contributed by atoms with E-state index < -0.39 is 30.0 Å². The number of hydrogen-bond acceptors (Lipinski definition) is 6. The first-order valence-corrected chi connectivity index (χ1v) is 10.8. The van der Waals surface area contributed by atoms with Crippen molar-refractivity contribution >= 4 is 28.9 Å². The summed E-state index contributed by atoms with van der Waals surface area (Å²) in [7, 11) is 0. The zero-order valence-corrected chi connectivity index (χ0v) is 18.0. The predicted molar refractivity (Wildman–Crippen MR) is 121 cm³/mol. The summed E-state index contributed by atoms with van der Waals surface area (Å²) in [6.45, 7) is 0.526. The molecular weight excluding hydrogens is 422 g/mol. The molecule has 0 unspecified atom stereocenters. The van der Waals surface area contributed by atoms with Crippen molar-refractivity contribution in [2.45, 2.75) is 38.0 Å². The number of ether oxygens (including phenoxy) is 1. The van der Waals surface area contributed by atoms with Crippen LogP contribution in [-0.2, 0) is 27.4 Å². The summed E-state index contributed by atoms with van der Waals surface area (Å²) in [6, 6.07) is 15.0. The van der Waals surface area contributed by atoms with Crippen LogP contribution in [0.5, 0.6) is 0 Å². The second-order valence-electron chi connectivity index (χ2n) is 7.91. The lowest BCUT2D eigenvalue weighted by molar-refractivity contribution is -0.130. The number of nitrogens with zero attached hydrogens (tertiary/aromatic N) is 3. The number of rotatable bonds is 7. The van der Waals surface area contributed by atoms with Gasteiger partial charge in [0.1, 0.15) is 18.7 Å². The summed E-state index contributed by atoms with van der Waals surface area (Å²) in [5, 5.41) is 2.68. The van der Waals surface area contributed by atoms with Crippen molar-refractivity contribution in [3.05, 3.63) is 72.1 Å². The number of para-hydroxylation sites is 2. The molecule has 1 aliphatic rings. The molecule has 170 valence electrons. The SMILES string of the molecule is NC(=O)[C@@H](Cc1cnc2ccccc2n1)NC(=O)[C@H]1CCCN1C(=O)OCc1ccccc1. The largest absolute Gasteiger partial charge is 0.445 e. The first-order chi connectivity index (χ1) is 16.0. The van der Waals surface area contributed by atoms with Crippen molar-refractivity contribution in [1.29, 1.82) is 0 Å². The van der Waals surface area contributed by atoms with Crippen LogP contribution in [0.25, 0.3) is 11.0 Å². The maximum atomic E-state index is 12.9. The van der Waals surface area contributed by atoms with E-state index in [1.807, 2.05) is 54.6 Å². The first kappa shape index (κ1) is 22.2. The fraction of sp³-hybridized carbons (Fsp3) is 0.292. The van der Waals surface area contributed by atoms with E-state index in [9.17, 15) is 14.4 Å². The third kappa shape index (κ3) is 5.43. The van der Waals surface area contributed by atoms with E-state index in [0.29, 0.717) is 30.6 Å². The number of aromatic nitrogens is 2. The first-order valence-electron chi connectivity index (χ1n) is 10.8. The summed E-state index contributed by atoms with van der Waals surface area (Å²) < 4.78 is 5.38. The van der Waals surface area contributed by atoms with Crippen LogP contribution in [0.4, 0.5) is 4.79 Å². The molecule has 2 heterocycles. The molecule has 0 bridgehead atoms. The van der Waals surface area contributed by atoms with Gasteiger partial charge in [0, 0.05) is 19.2 Å². The summed E-state index contributed by atoms with van der Waals surface area (Å²) in [5.74, 6) is -1.13. The highest BCUT2D eigenvalue weighted by Crippen LogP contribution is 2.19. The van der Waals surface area contributed by atoms with Gasteiger partial charge in [0.2, 0.25) is 11.8 Å². The Morgan fingerprint density at radius 2 is 1.82 bits per heavy atom. The number of carbonyl (C=O) groups excluding carboxylic acids is 3. The Hall–Kier alpha value is -4.01. The summed E-state index contributed by atoms with van der Waals surface area (Å²) >= 11 is 0. The molecule has 3 amide bonds. The van der Waals surface area contributed by atoms with Crippen molar-refractivity contribution in [1.82, 2.24) is 20.2 Å². The number of nitrogens with one attached hydrogen (secondary N) is 1. The highest BCUT2D eigenvalue weighted by atomic mass is 16.6. The number of carbonyl (C=O) groups is 3. The molecule has 2 aromatic carbocycles. The number of likely N-dealkylation sites (tertiary alicyclic amines) is 1. The standard InChI is InChI=1S/C24H25N5O4/c25-22(30)20(13-17-14-26-18-9-4-5-10-19(18)27-17)28-23(31)21-11-6-12-29(21)24(32)33-15-16-7-2-1-3-8-16/h1-5,7-10,14,20-21H,6,11-13,15H2,(H2,25,30)(H,28,31)/t20-,21-/m1/s1. The minimum absolute atomic E-state index is 0.101. The van der Waals surface area contributed by atoms with E-state index in [2.05, 4.69) is 15.3 Å². The van der Waals surface area contributed by atoms with Gasteiger partial charge in [0.15, 0.2) is 0 Å². The van der Waals surface area contributed by atoms with Crippen LogP contribution in [0, 0.1) is 0 Å². The molecule has 1 aromatic heterocycles. The molecule has 3 aromatic rings. The van der Waals surface area contributed by atoms with E-state index in [4.69, 9.17) is 10.5 Å². The van der Waals surface area contributed by atoms with Crippen LogP contribution >= 0.6 is 0 Å². The van der Waals surface area contributed by atoms with Gasteiger partial charge >= 0.3 is 6.09 Å². The zero-order valence-electron chi connectivity index (χ0n) is 18.0. The molecule has 3 N–H and O–H groups in total. The molecule has 0 saturated carbocycles. The van der Waals surface area contributed by atoms with Gasteiger partial charge in [0.05, 0.1) is 16.7 Å². The lowest BCUT2D eigenvalue weighted by Crippen LogP contribution is -2.53. The fourth-order valence-corrected chi connectivity index (χ4v) is 3.85. The molecule has 0 spiro atoms. The molecule has 9 nitrogen and oxygen atoms in total. The lowest BCUT2D eigenvalue weighted by Gasteiger charge is -2.25. The minimum Gasteiger partial charge on any atom is -0.445 e. The Labute approximate surface area is 191 Å². The number of primary amides is 1. The van der Waals surface area contributed by atoms with Crippen molar-refractivity contribution < 1.29 is 19.1 Å². The van der Waals surface area contributed by atoms with E-state index in [1.54, 1.807) is 6.20 Å². The van der Waals surface area contributed by atoms with Crippen LogP contribution in [-0.4, -0.2) is 51.4 Å². The van der Waals surface area contributed by atoms with Crippen LogP contribution < -0.4 is 11.1 Å². The van der Waals surface area contributed by atoms with Gasteiger partial charge in [-0.05, 0) is 30.5 Å². The number of benzene rings is 2. The topological polar surface area (TPSA) is 128 Å². The second-order valence-corrected chi connectivity index (χ2v) is 7.91. The summed E-state index contributed by atoms with van der Waals surface area (Å²) in [4.78, 5) is 47.8. The molecule has 1 fully saturated rings. The van der Waals surface area contributed by atoms with E-state index in [0.717, 1.165) is 11.1 Å². The maximum absolute atomic E-state index is 12.9. The van der Waals surface area contributed by atoms with Crippen LogP contribution in [0.15, 0.2) is 60.8 Å². The molecule has 9 heteroatoms. The normalized spacial score (nSPS) is 16.4. The zero-order chi connectivity index (χ0) is 23.2. The third-order valence-corrected chi connectivity index (χ3v) is 5.57. The molecule has 2 atom stereocenters. The molecule has 4 rings (SSSR count). The average Bonchev–Trinajstić information content (AvgIpc) is 3.33. The Morgan fingerprint density at radius 1 is 1.09 bits per heavy atom. The van der Waals surface area contributed by atoms with E-state index >= 15 is 0 Å². The second kappa shape index (κ2) is 10.1. The Bertz CT molecular complexity index is 1150. The van der Waals surface area contributed by atoms with Crippen molar-refractivity contribution in [3.8, 4) is 0 Å². The molecular formula is C24H25N5O4. The van der Waals surface area contributed by atoms with Crippen molar-refractivity contribution in [3.63, 3.8) is 0 Å². The predicted octanol–water partition coefficient (Wildman–Crippen LogP) is 1.94. The van der Waals surface area contributed by atoms with Crippen LogP contribution in [0.2, 0.25) is 0 Å². The van der Waals surface area contributed by atoms with Crippen LogP contribution in [0.1, 0.15) is 24.1 Å². The van der Waals surface area contributed by atoms with Gasteiger partial charge in [-0.15, -0.1) is 0 Å². The van der Waals surface area contributed by atoms with Gasteiger partial charge in [-0.25, -0.2) is 9.78 Å². The number of nitrogens with two attached hydrogens (primary N) is 1. The highest BCUT2D eigenvalue weighted by molar-refractivity contribution is 5.91. The van der Waals surface area contributed by atoms with Crippen molar-refractivity contribution in [2.75, 3.05) is 6.54 Å².